The van der Waals surface area contributed by atoms with Gasteiger partial charge in [-0.25, -0.2) is 14.6 Å². The Balaban J connectivity index is 1.53. The topological polar surface area (TPSA) is 98.4 Å². The number of ether oxygens (including phenoxy) is 2. The van der Waals surface area contributed by atoms with E-state index < -0.39 is 0 Å². The normalized spacial score (nSPS) is 19.1. The van der Waals surface area contributed by atoms with Gasteiger partial charge in [0.1, 0.15) is 0 Å². The van der Waals surface area contributed by atoms with Gasteiger partial charge in [0.05, 0.1) is 0 Å². The fraction of sp³-hybridized carbons (Fsp3) is 0.412. The Kier molecular flexibility index (Phi) is 3.51. The second kappa shape index (κ2) is 6.01. The summed E-state index contributed by atoms with van der Waals surface area (Å²) in [6, 6.07) is 5.68. The molecule has 2 aliphatic rings. The molecule has 0 amide bonds. The molecule has 0 saturated carbocycles. The zero-order valence-corrected chi connectivity index (χ0v) is 14.3. The van der Waals surface area contributed by atoms with Crippen LogP contribution in [0.15, 0.2) is 22.8 Å². The van der Waals surface area contributed by atoms with Crippen molar-refractivity contribution in [3.63, 3.8) is 0 Å². The molecule has 1 unspecified atom stereocenters. The van der Waals surface area contributed by atoms with E-state index in [0.29, 0.717) is 28.8 Å². The Hall–Kier alpha value is -3.10. The van der Waals surface area contributed by atoms with E-state index >= 15 is 0 Å². The fourth-order valence-electron chi connectivity index (χ4n) is 3.43. The summed E-state index contributed by atoms with van der Waals surface area (Å²) in [6.07, 6.45) is 2.35. The van der Waals surface area contributed by atoms with Crippen LogP contribution in [0.4, 0.5) is 17.3 Å². The predicted molar refractivity (Wildman–Crippen MR) is 93.9 cm³/mol. The number of anilines is 3. The molecule has 3 aromatic rings. The molecule has 26 heavy (non-hydrogen) atoms. The van der Waals surface area contributed by atoms with E-state index in [-0.39, 0.29) is 6.79 Å². The maximum Gasteiger partial charge on any atom is 0.245 e. The van der Waals surface area contributed by atoms with Crippen LogP contribution >= 0.6 is 0 Å². The zero-order chi connectivity index (χ0) is 17.5. The van der Waals surface area contributed by atoms with Gasteiger partial charge in [0.2, 0.25) is 18.1 Å². The molecule has 0 radical (unpaired) electrons. The van der Waals surface area contributed by atoms with E-state index in [1.54, 1.807) is 0 Å². The first kappa shape index (κ1) is 15.2. The highest BCUT2D eigenvalue weighted by Crippen LogP contribution is 2.36. The molecule has 2 aliphatic heterocycles. The molecule has 9 nitrogen and oxygen atoms in total. The van der Waals surface area contributed by atoms with Crippen LogP contribution in [0.2, 0.25) is 0 Å². The van der Waals surface area contributed by atoms with Gasteiger partial charge in [-0.3, -0.25) is 0 Å². The maximum absolute atomic E-state index is 5.45. The molecule has 0 spiro atoms. The third-order valence-corrected chi connectivity index (χ3v) is 4.69. The van der Waals surface area contributed by atoms with Crippen LogP contribution in [0.5, 0.6) is 11.5 Å². The molecule has 4 heterocycles. The number of benzene rings is 1. The van der Waals surface area contributed by atoms with Crippen molar-refractivity contribution in [3.8, 4) is 11.5 Å². The number of rotatable bonds is 3. The van der Waals surface area contributed by atoms with Crippen LogP contribution in [0.3, 0.4) is 0 Å². The van der Waals surface area contributed by atoms with Crippen LogP contribution in [0.1, 0.15) is 19.8 Å². The first-order chi connectivity index (χ1) is 12.8. The highest BCUT2D eigenvalue weighted by atomic mass is 16.7. The van der Waals surface area contributed by atoms with Gasteiger partial charge in [-0.2, -0.15) is 0 Å². The SMILES string of the molecule is CC1CCCN(c2nc3nonc3nc2Nc2ccc3c(c2)OCO3)C1. The third-order valence-electron chi connectivity index (χ3n) is 4.69. The van der Waals surface area contributed by atoms with E-state index in [9.17, 15) is 0 Å². The lowest BCUT2D eigenvalue weighted by Crippen LogP contribution is -2.35. The summed E-state index contributed by atoms with van der Waals surface area (Å²) in [5.74, 6) is 3.44. The number of aromatic nitrogens is 4. The minimum atomic E-state index is 0.242. The van der Waals surface area contributed by atoms with Gasteiger partial charge < -0.3 is 19.7 Å². The first-order valence-corrected chi connectivity index (χ1v) is 8.68. The van der Waals surface area contributed by atoms with Crippen molar-refractivity contribution in [1.29, 1.82) is 0 Å². The van der Waals surface area contributed by atoms with Crippen LogP contribution in [-0.4, -0.2) is 40.2 Å². The van der Waals surface area contributed by atoms with Crippen LogP contribution in [0, 0.1) is 5.92 Å². The fourth-order valence-corrected chi connectivity index (χ4v) is 3.43. The van der Waals surface area contributed by atoms with Gasteiger partial charge in [0.25, 0.3) is 0 Å². The molecule has 1 saturated heterocycles. The minimum absolute atomic E-state index is 0.242. The molecule has 9 heteroatoms. The average Bonchev–Trinajstić information content (AvgIpc) is 3.29. The van der Waals surface area contributed by atoms with Gasteiger partial charge in [-0.15, -0.1) is 0 Å². The monoisotopic (exact) mass is 354 g/mol. The van der Waals surface area contributed by atoms with Gasteiger partial charge in [-0.05, 0) is 41.2 Å². The summed E-state index contributed by atoms with van der Waals surface area (Å²) in [5, 5.41) is 11.0. The molecule has 1 atom stereocenters. The Morgan fingerprint density at radius 1 is 1.12 bits per heavy atom. The summed E-state index contributed by atoms with van der Waals surface area (Å²) in [6.45, 7) is 4.36. The van der Waals surface area contributed by atoms with Gasteiger partial charge in [0, 0.05) is 24.8 Å². The summed E-state index contributed by atoms with van der Waals surface area (Å²) in [4.78, 5) is 11.4. The van der Waals surface area contributed by atoms with E-state index in [4.69, 9.17) is 14.1 Å². The lowest BCUT2D eigenvalue weighted by Gasteiger charge is -2.32. The largest absolute Gasteiger partial charge is 0.454 e. The number of hydrogen-bond donors (Lipinski definition) is 1. The molecule has 5 rings (SSSR count). The number of nitrogens with one attached hydrogen (secondary N) is 1. The van der Waals surface area contributed by atoms with Crippen molar-refractivity contribution in [1.82, 2.24) is 20.3 Å². The van der Waals surface area contributed by atoms with E-state index in [0.717, 1.165) is 36.8 Å². The van der Waals surface area contributed by atoms with Crippen molar-refractivity contribution >= 4 is 28.6 Å². The van der Waals surface area contributed by atoms with Crippen molar-refractivity contribution < 1.29 is 14.1 Å². The Labute approximate surface area is 149 Å². The van der Waals surface area contributed by atoms with Crippen molar-refractivity contribution in [2.75, 3.05) is 30.1 Å². The van der Waals surface area contributed by atoms with E-state index in [2.05, 4.69) is 37.4 Å². The van der Waals surface area contributed by atoms with E-state index in [1.165, 1.54) is 6.42 Å². The predicted octanol–water partition coefficient (Wildman–Crippen LogP) is 2.72. The molecule has 2 aromatic heterocycles. The second-order valence-electron chi connectivity index (χ2n) is 6.69. The van der Waals surface area contributed by atoms with Crippen molar-refractivity contribution in [3.05, 3.63) is 18.2 Å². The summed E-state index contributed by atoms with van der Waals surface area (Å²) in [7, 11) is 0. The van der Waals surface area contributed by atoms with Gasteiger partial charge in [0.15, 0.2) is 23.1 Å². The summed E-state index contributed by atoms with van der Waals surface area (Å²) < 4.78 is 15.6. The average molecular weight is 354 g/mol. The Morgan fingerprint density at radius 3 is 2.85 bits per heavy atom. The number of piperidine rings is 1. The molecule has 0 bridgehead atoms. The summed E-state index contributed by atoms with van der Waals surface area (Å²) >= 11 is 0. The zero-order valence-electron chi connectivity index (χ0n) is 14.3. The molecule has 1 N–H and O–H groups in total. The van der Waals surface area contributed by atoms with Crippen LogP contribution in [-0.2, 0) is 0 Å². The van der Waals surface area contributed by atoms with Crippen LogP contribution < -0.4 is 19.7 Å². The van der Waals surface area contributed by atoms with Crippen molar-refractivity contribution in [2.24, 2.45) is 5.92 Å². The number of fused-ring (bicyclic) bond motifs is 2. The Bertz CT molecular complexity index is 959. The lowest BCUT2D eigenvalue weighted by molar-refractivity contribution is 0.174. The smallest absolute Gasteiger partial charge is 0.245 e. The quantitative estimate of drug-likeness (QED) is 0.761. The number of hydrogen-bond acceptors (Lipinski definition) is 9. The Morgan fingerprint density at radius 2 is 1.96 bits per heavy atom. The second-order valence-corrected chi connectivity index (χ2v) is 6.69. The maximum atomic E-state index is 5.45. The minimum Gasteiger partial charge on any atom is -0.454 e. The molecular formula is C17H18N6O3. The van der Waals surface area contributed by atoms with Gasteiger partial charge in [-0.1, -0.05) is 6.92 Å². The highest BCUT2D eigenvalue weighted by Gasteiger charge is 2.23. The van der Waals surface area contributed by atoms with Crippen LogP contribution in [0.25, 0.3) is 11.3 Å². The standard InChI is InChI=1S/C17H18N6O3/c1-10-3-2-6-23(8-10)17-16(19-14-15(20-17)22-26-21-14)18-11-4-5-12-13(7-11)25-9-24-12/h4-5,7,10H,2-3,6,8-9H2,1H3,(H,18,19,21). The molecule has 0 aliphatic carbocycles. The molecule has 1 fully saturated rings. The highest BCUT2D eigenvalue weighted by molar-refractivity contribution is 5.77. The van der Waals surface area contributed by atoms with E-state index in [1.807, 2.05) is 18.2 Å². The molecule has 1 aromatic carbocycles. The lowest BCUT2D eigenvalue weighted by atomic mass is 10.0. The third kappa shape index (κ3) is 2.65. The first-order valence-electron chi connectivity index (χ1n) is 8.68. The van der Waals surface area contributed by atoms with Crippen molar-refractivity contribution in [2.45, 2.75) is 19.8 Å². The summed E-state index contributed by atoms with van der Waals surface area (Å²) in [5.41, 5.74) is 1.63. The number of nitrogens with zero attached hydrogens (tertiary/aromatic N) is 5. The molecular weight excluding hydrogens is 336 g/mol. The molecule has 134 valence electrons. The van der Waals surface area contributed by atoms with Gasteiger partial charge >= 0.3 is 0 Å².